The number of nitrogens with one attached hydrogen (secondary N) is 1. The van der Waals surface area contributed by atoms with Gasteiger partial charge in [-0.05, 0) is 87.4 Å². The highest BCUT2D eigenvalue weighted by Gasteiger charge is 2.38. The summed E-state index contributed by atoms with van der Waals surface area (Å²) in [6, 6.07) is 22.3. The molecule has 4 aromatic rings. The van der Waals surface area contributed by atoms with Gasteiger partial charge in [-0.25, -0.2) is 14.6 Å². The van der Waals surface area contributed by atoms with Crippen LogP contribution in [0, 0.1) is 0 Å². The average Bonchev–Trinajstić information content (AvgIpc) is 3.97. The number of allylic oxidation sites excluding steroid dienone is 1. The topological polar surface area (TPSA) is 109 Å². The number of ether oxygens (including phenoxy) is 3. The molecule has 3 aromatic carbocycles. The molecule has 0 unspecified atom stereocenters. The maximum Gasteiger partial charge on any atom is 0.410 e. The first-order valence-corrected chi connectivity index (χ1v) is 18.7. The Morgan fingerprint density at radius 1 is 0.887 bits per heavy atom. The van der Waals surface area contributed by atoms with Crippen LogP contribution in [-0.4, -0.2) is 62.4 Å². The smallest absolute Gasteiger partial charge is 0.410 e. The maximum atomic E-state index is 13.1. The van der Waals surface area contributed by atoms with Gasteiger partial charge < -0.3 is 19.2 Å². The van der Waals surface area contributed by atoms with Crippen molar-refractivity contribution in [1.82, 2.24) is 19.8 Å². The molecule has 0 radical (unpaired) electrons. The number of likely N-dealkylation sites (tertiary alicyclic amines) is 2. The number of H-pyrrole nitrogens is 1. The van der Waals surface area contributed by atoms with Gasteiger partial charge in [-0.3, -0.25) is 14.8 Å². The van der Waals surface area contributed by atoms with Gasteiger partial charge in [-0.1, -0.05) is 56.3 Å². The van der Waals surface area contributed by atoms with Crippen molar-refractivity contribution in [2.75, 3.05) is 13.1 Å². The van der Waals surface area contributed by atoms with E-state index in [2.05, 4.69) is 43.1 Å². The van der Waals surface area contributed by atoms with Crippen LogP contribution in [0.2, 0.25) is 0 Å². The number of carbonyl (C=O) groups is 2. The number of benzene rings is 3. The van der Waals surface area contributed by atoms with Crippen molar-refractivity contribution in [2.45, 2.75) is 96.4 Å². The predicted octanol–water partition coefficient (Wildman–Crippen LogP) is 9.57. The third-order valence-corrected chi connectivity index (χ3v) is 10.8. The van der Waals surface area contributed by atoms with Gasteiger partial charge in [0.05, 0.1) is 24.0 Å². The number of hydrogen-bond donors (Lipinski definition) is 1. The Kier molecular flexibility index (Phi) is 8.87. The van der Waals surface area contributed by atoms with Gasteiger partial charge in [0.15, 0.2) is 0 Å². The third kappa shape index (κ3) is 6.82. The minimum Gasteiger partial charge on any atom is -0.457 e. The van der Waals surface area contributed by atoms with E-state index in [0.29, 0.717) is 19.5 Å². The first kappa shape index (κ1) is 34.7. The minimum atomic E-state index is -0.549. The lowest BCUT2D eigenvalue weighted by atomic mass is 9.75. The Morgan fingerprint density at radius 3 is 2.40 bits per heavy atom. The van der Waals surface area contributed by atoms with E-state index in [9.17, 15) is 9.59 Å². The van der Waals surface area contributed by atoms with Crippen LogP contribution < -0.4 is 4.74 Å². The van der Waals surface area contributed by atoms with Crippen molar-refractivity contribution in [3.63, 3.8) is 0 Å². The van der Waals surface area contributed by atoms with E-state index < -0.39 is 5.60 Å². The number of amides is 2. The molecule has 2 saturated heterocycles. The first-order chi connectivity index (χ1) is 25.4. The lowest BCUT2D eigenvalue weighted by Crippen LogP contribution is -2.40. The second-order valence-corrected chi connectivity index (χ2v) is 16.0. The van der Waals surface area contributed by atoms with E-state index in [4.69, 9.17) is 24.2 Å². The molecule has 2 amide bonds. The van der Waals surface area contributed by atoms with Crippen LogP contribution >= 0.6 is 0 Å². The second kappa shape index (κ2) is 13.5. The van der Waals surface area contributed by atoms with E-state index in [1.54, 1.807) is 4.90 Å². The molecule has 4 aliphatic heterocycles. The average molecular weight is 714 g/mol. The summed E-state index contributed by atoms with van der Waals surface area (Å²) in [5.74, 6) is 2.40. The normalized spacial score (nSPS) is 20.3. The van der Waals surface area contributed by atoms with Crippen molar-refractivity contribution >= 4 is 23.5 Å². The molecule has 0 spiro atoms. The van der Waals surface area contributed by atoms with Crippen molar-refractivity contribution in [3.8, 4) is 22.9 Å². The molecule has 10 nitrogen and oxygen atoms in total. The summed E-state index contributed by atoms with van der Waals surface area (Å²) in [6.45, 7) is 11.7. The van der Waals surface area contributed by atoms with E-state index in [-0.39, 0.29) is 36.3 Å². The highest BCUT2D eigenvalue weighted by Crippen LogP contribution is 2.50. The van der Waals surface area contributed by atoms with E-state index in [1.165, 1.54) is 0 Å². The van der Waals surface area contributed by atoms with Gasteiger partial charge in [0, 0.05) is 53.5 Å². The molecule has 2 atom stereocenters. The molecule has 274 valence electrons. The van der Waals surface area contributed by atoms with Gasteiger partial charge in [0.2, 0.25) is 0 Å². The van der Waals surface area contributed by atoms with E-state index >= 15 is 0 Å². The highest BCUT2D eigenvalue weighted by molar-refractivity contribution is 6.03. The molecular formula is C43H47N5O5. The molecule has 10 heteroatoms. The fourth-order valence-corrected chi connectivity index (χ4v) is 8.08. The van der Waals surface area contributed by atoms with Crippen LogP contribution in [0.25, 0.3) is 17.0 Å². The molecule has 4 aliphatic rings. The van der Waals surface area contributed by atoms with Crippen molar-refractivity contribution in [2.24, 2.45) is 4.99 Å². The molecule has 0 aliphatic carbocycles. The number of rotatable bonds is 6. The van der Waals surface area contributed by atoms with Crippen LogP contribution in [-0.2, 0) is 21.5 Å². The number of carbonyl (C=O) groups excluding carboxylic acids is 2. The number of aliphatic imine (C=N–C) groups is 1. The van der Waals surface area contributed by atoms with Crippen molar-refractivity contribution in [1.29, 1.82) is 0 Å². The quantitative estimate of drug-likeness (QED) is 0.213. The fourth-order valence-electron chi connectivity index (χ4n) is 8.08. The van der Waals surface area contributed by atoms with Gasteiger partial charge in [-0.2, -0.15) is 0 Å². The van der Waals surface area contributed by atoms with Crippen molar-refractivity contribution < 1.29 is 23.8 Å². The van der Waals surface area contributed by atoms with Gasteiger partial charge in [0.25, 0.3) is 0 Å². The van der Waals surface area contributed by atoms with Crippen LogP contribution in [0.15, 0.2) is 84.1 Å². The molecule has 53 heavy (non-hydrogen) atoms. The molecular weight excluding hydrogens is 667 g/mol. The van der Waals surface area contributed by atoms with Crippen LogP contribution in [0.4, 0.5) is 9.59 Å². The Balaban J connectivity index is 0.948. The zero-order valence-corrected chi connectivity index (χ0v) is 31.1. The monoisotopic (exact) mass is 713 g/mol. The number of aromatic nitrogens is 2. The summed E-state index contributed by atoms with van der Waals surface area (Å²) in [7, 11) is 0. The summed E-state index contributed by atoms with van der Waals surface area (Å²) >= 11 is 0. The predicted molar refractivity (Wildman–Crippen MR) is 204 cm³/mol. The lowest BCUT2D eigenvalue weighted by molar-refractivity contribution is 0.0221. The lowest BCUT2D eigenvalue weighted by Gasteiger charge is -2.35. The second-order valence-electron chi connectivity index (χ2n) is 16.0. The Morgan fingerprint density at radius 2 is 1.62 bits per heavy atom. The van der Waals surface area contributed by atoms with Gasteiger partial charge >= 0.3 is 12.2 Å². The summed E-state index contributed by atoms with van der Waals surface area (Å²) in [5, 5.41) is 0. The molecule has 2 fully saturated rings. The van der Waals surface area contributed by atoms with E-state index in [0.717, 1.165) is 87.8 Å². The highest BCUT2D eigenvalue weighted by atomic mass is 16.6. The SMILES string of the molecule is CC(C)(C)OC(=O)N1CCC[C@H]1c1cnc(-c2ccc3c(c2)C(C)(C)c2ccc(C4=CN=C([C@@H]5CCCN5C(=O)OCc5ccccc5)C4)cc2O3)[nH]1. The molecule has 8 rings (SSSR count). The molecule has 5 heterocycles. The largest absolute Gasteiger partial charge is 0.457 e. The Hall–Kier alpha value is -5.38. The summed E-state index contributed by atoms with van der Waals surface area (Å²) < 4.78 is 18.0. The number of nitrogens with zero attached hydrogens (tertiary/aromatic N) is 4. The molecule has 1 N–H and O–H groups in total. The molecule has 0 saturated carbocycles. The number of hydrogen-bond acceptors (Lipinski definition) is 7. The molecule has 1 aromatic heterocycles. The standard InChI is InChI=1S/C43H47N5O5/c1-42(2,3)53-41(50)48-20-10-14-36(48)34-25-45-39(46-34)29-16-18-37-32(21-29)43(4,5)31-17-15-28(23-38(31)52-37)30-22-33(44-24-30)35-13-9-19-47(35)40(49)51-26-27-11-7-6-8-12-27/h6-8,11-12,15-18,21,23-25,35-36H,9-10,13-14,19-20,22,26H2,1-5H3,(H,45,46)/t35-,36-/m0/s1. The fraction of sp³-hybridized carbons (Fsp3) is 0.395. The number of imidazole rings is 1. The van der Waals surface area contributed by atoms with Crippen molar-refractivity contribution in [3.05, 3.63) is 107 Å². The van der Waals surface area contributed by atoms with Crippen LogP contribution in [0.1, 0.15) is 101 Å². The number of aromatic amines is 1. The summed E-state index contributed by atoms with van der Waals surface area (Å²) in [4.78, 5) is 42.7. The van der Waals surface area contributed by atoms with Gasteiger partial charge in [0.1, 0.15) is 29.5 Å². The first-order valence-electron chi connectivity index (χ1n) is 18.7. The maximum absolute atomic E-state index is 13.1. The third-order valence-electron chi connectivity index (χ3n) is 10.8. The van der Waals surface area contributed by atoms with E-state index in [1.807, 2.05) is 80.5 Å². The summed E-state index contributed by atoms with van der Waals surface area (Å²) in [6.07, 6.45) is 7.46. The summed E-state index contributed by atoms with van der Waals surface area (Å²) in [5.41, 5.74) is 7.31. The van der Waals surface area contributed by atoms with Gasteiger partial charge in [-0.15, -0.1) is 0 Å². The zero-order chi connectivity index (χ0) is 36.9. The number of fused-ring (bicyclic) bond motifs is 2. The molecule has 0 bridgehead atoms. The van der Waals surface area contributed by atoms with Crippen LogP contribution in [0.3, 0.4) is 0 Å². The zero-order valence-electron chi connectivity index (χ0n) is 31.1. The Labute approximate surface area is 310 Å². The minimum absolute atomic E-state index is 0.0618. The Bertz CT molecular complexity index is 2110. The van der Waals surface area contributed by atoms with Crippen LogP contribution in [0.5, 0.6) is 11.5 Å².